The number of carboxylic acids is 1. The maximum Gasteiger partial charge on any atom is 0.303 e. The summed E-state index contributed by atoms with van der Waals surface area (Å²) in [7, 11) is 0. The van der Waals surface area contributed by atoms with Crippen LogP contribution in [0.3, 0.4) is 0 Å². The van der Waals surface area contributed by atoms with Gasteiger partial charge in [0.2, 0.25) is 5.91 Å². The molecule has 0 saturated heterocycles. The highest BCUT2D eigenvalue weighted by atomic mass is 16.4. The number of aliphatic carboxylic acids is 1. The van der Waals surface area contributed by atoms with Crippen molar-refractivity contribution in [3.05, 3.63) is 0 Å². The lowest BCUT2D eigenvalue weighted by Crippen LogP contribution is -2.26. The van der Waals surface area contributed by atoms with Gasteiger partial charge in [0.25, 0.3) is 0 Å². The Morgan fingerprint density at radius 3 is 2.44 bits per heavy atom. The van der Waals surface area contributed by atoms with Gasteiger partial charge in [-0.1, -0.05) is 19.8 Å². The molecule has 2 unspecified atom stereocenters. The van der Waals surface area contributed by atoms with E-state index in [2.05, 4.69) is 12.2 Å². The molecular weight excluding hydrogens is 206 g/mol. The number of unbranched alkanes of at least 4 members (excludes halogenated alkanes) is 3. The molecule has 0 heterocycles. The Kier molecular flexibility index (Phi) is 5.29. The van der Waals surface area contributed by atoms with Gasteiger partial charge in [-0.3, -0.25) is 9.59 Å². The monoisotopic (exact) mass is 227 g/mol. The fourth-order valence-corrected chi connectivity index (χ4v) is 1.78. The van der Waals surface area contributed by atoms with Crippen LogP contribution in [0.4, 0.5) is 0 Å². The number of carboxylic acid groups (broad SMARTS) is 1. The molecule has 1 rings (SSSR count). The molecule has 0 radical (unpaired) electrons. The second kappa shape index (κ2) is 6.51. The van der Waals surface area contributed by atoms with Crippen molar-refractivity contribution in [1.82, 2.24) is 5.32 Å². The van der Waals surface area contributed by atoms with Crippen LogP contribution in [-0.4, -0.2) is 23.5 Å². The van der Waals surface area contributed by atoms with Crippen LogP contribution < -0.4 is 5.32 Å². The lowest BCUT2D eigenvalue weighted by molar-refractivity contribution is -0.137. The highest BCUT2D eigenvalue weighted by Gasteiger charge is 2.38. The predicted molar refractivity (Wildman–Crippen MR) is 61.0 cm³/mol. The normalized spacial score (nSPS) is 22.8. The van der Waals surface area contributed by atoms with Gasteiger partial charge in [-0.15, -0.1) is 0 Å². The number of nitrogens with one attached hydrogen (secondary N) is 1. The van der Waals surface area contributed by atoms with E-state index in [4.69, 9.17) is 5.11 Å². The molecular formula is C12H21NO3. The van der Waals surface area contributed by atoms with Crippen LogP contribution in [0.5, 0.6) is 0 Å². The standard InChI is InChI=1S/C12H21NO3/c1-9-8-10(9)12(16)13-7-5-3-2-4-6-11(14)15/h9-10H,2-8H2,1H3,(H,13,16)(H,14,15). The molecule has 0 aliphatic heterocycles. The maximum atomic E-state index is 11.4. The molecule has 4 nitrogen and oxygen atoms in total. The van der Waals surface area contributed by atoms with Crippen LogP contribution in [0, 0.1) is 11.8 Å². The summed E-state index contributed by atoms with van der Waals surface area (Å²) in [4.78, 5) is 21.6. The molecule has 0 aromatic heterocycles. The van der Waals surface area contributed by atoms with E-state index in [-0.39, 0.29) is 18.2 Å². The quantitative estimate of drug-likeness (QED) is 0.621. The molecule has 2 atom stereocenters. The van der Waals surface area contributed by atoms with E-state index < -0.39 is 5.97 Å². The molecule has 16 heavy (non-hydrogen) atoms. The van der Waals surface area contributed by atoms with Crippen molar-refractivity contribution in [2.75, 3.05) is 6.54 Å². The van der Waals surface area contributed by atoms with Gasteiger partial charge in [-0.25, -0.2) is 0 Å². The van der Waals surface area contributed by atoms with Gasteiger partial charge in [-0.05, 0) is 25.2 Å². The Balaban J connectivity index is 1.84. The van der Waals surface area contributed by atoms with E-state index in [1.165, 1.54) is 0 Å². The van der Waals surface area contributed by atoms with E-state index in [0.717, 1.165) is 38.6 Å². The first-order chi connectivity index (χ1) is 7.61. The number of hydrogen-bond donors (Lipinski definition) is 2. The maximum absolute atomic E-state index is 11.4. The molecule has 1 amide bonds. The van der Waals surface area contributed by atoms with Crippen molar-refractivity contribution < 1.29 is 14.7 Å². The summed E-state index contributed by atoms with van der Waals surface area (Å²) in [6.45, 7) is 2.82. The number of rotatable bonds is 8. The van der Waals surface area contributed by atoms with Gasteiger partial charge in [-0.2, -0.15) is 0 Å². The van der Waals surface area contributed by atoms with E-state index in [0.29, 0.717) is 5.92 Å². The summed E-state index contributed by atoms with van der Waals surface area (Å²) in [5.74, 6) is 0.289. The van der Waals surface area contributed by atoms with E-state index in [1.54, 1.807) is 0 Å². The summed E-state index contributed by atoms with van der Waals surface area (Å²) in [6, 6.07) is 0. The lowest BCUT2D eigenvalue weighted by atomic mass is 10.1. The van der Waals surface area contributed by atoms with Crippen LogP contribution >= 0.6 is 0 Å². The molecule has 0 aromatic rings. The van der Waals surface area contributed by atoms with Gasteiger partial charge < -0.3 is 10.4 Å². The summed E-state index contributed by atoms with van der Waals surface area (Å²) in [6.07, 6.45) is 4.90. The van der Waals surface area contributed by atoms with Crippen LogP contribution in [0.1, 0.15) is 45.4 Å². The Bertz CT molecular complexity index is 253. The van der Waals surface area contributed by atoms with E-state index >= 15 is 0 Å². The smallest absolute Gasteiger partial charge is 0.303 e. The van der Waals surface area contributed by atoms with Crippen molar-refractivity contribution in [3.8, 4) is 0 Å². The SMILES string of the molecule is CC1CC1C(=O)NCCCCCCC(=O)O. The fourth-order valence-electron chi connectivity index (χ4n) is 1.78. The first-order valence-corrected chi connectivity index (χ1v) is 6.10. The zero-order valence-electron chi connectivity index (χ0n) is 9.87. The predicted octanol–water partition coefficient (Wildman–Crippen LogP) is 1.79. The van der Waals surface area contributed by atoms with Gasteiger partial charge in [0.05, 0.1) is 0 Å². The van der Waals surface area contributed by atoms with Gasteiger partial charge in [0, 0.05) is 18.9 Å². The summed E-state index contributed by atoms with van der Waals surface area (Å²) in [5, 5.41) is 11.3. The summed E-state index contributed by atoms with van der Waals surface area (Å²) in [5.41, 5.74) is 0. The molecule has 4 heteroatoms. The highest BCUT2D eigenvalue weighted by molar-refractivity contribution is 5.81. The first kappa shape index (κ1) is 13.0. The van der Waals surface area contributed by atoms with Crippen molar-refractivity contribution in [3.63, 3.8) is 0 Å². The second-order valence-corrected chi connectivity index (χ2v) is 4.67. The van der Waals surface area contributed by atoms with Crippen LogP contribution in [-0.2, 0) is 9.59 Å². The van der Waals surface area contributed by atoms with Crippen molar-refractivity contribution in [1.29, 1.82) is 0 Å². The Hall–Kier alpha value is -1.06. The summed E-state index contributed by atoms with van der Waals surface area (Å²) < 4.78 is 0. The molecule has 1 aliphatic carbocycles. The summed E-state index contributed by atoms with van der Waals surface area (Å²) >= 11 is 0. The van der Waals surface area contributed by atoms with Crippen LogP contribution in [0.2, 0.25) is 0 Å². The third-order valence-electron chi connectivity index (χ3n) is 3.06. The molecule has 0 spiro atoms. The third kappa shape index (κ3) is 5.14. The molecule has 1 saturated carbocycles. The third-order valence-corrected chi connectivity index (χ3v) is 3.06. The molecule has 1 fully saturated rings. The number of carbonyl (C=O) groups is 2. The average Bonchev–Trinajstić information content (AvgIpc) is 2.93. The van der Waals surface area contributed by atoms with Crippen LogP contribution in [0.25, 0.3) is 0 Å². The van der Waals surface area contributed by atoms with Crippen molar-refractivity contribution in [2.45, 2.75) is 45.4 Å². The number of amides is 1. The van der Waals surface area contributed by atoms with Gasteiger partial charge >= 0.3 is 5.97 Å². The Morgan fingerprint density at radius 2 is 1.88 bits per heavy atom. The minimum absolute atomic E-state index is 0.193. The number of hydrogen-bond acceptors (Lipinski definition) is 2. The van der Waals surface area contributed by atoms with Gasteiger partial charge in [0.15, 0.2) is 0 Å². The van der Waals surface area contributed by atoms with Crippen molar-refractivity contribution >= 4 is 11.9 Å². The molecule has 0 aromatic carbocycles. The Morgan fingerprint density at radius 1 is 1.25 bits per heavy atom. The largest absolute Gasteiger partial charge is 0.481 e. The topological polar surface area (TPSA) is 66.4 Å². The first-order valence-electron chi connectivity index (χ1n) is 6.10. The second-order valence-electron chi connectivity index (χ2n) is 4.67. The Labute approximate surface area is 96.4 Å². The molecule has 92 valence electrons. The lowest BCUT2D eigenvalue weighted by Gasteiger charge is -2.03. The van der Waals surface area contributed by atoms with Crippen LogP contribution in [0.15, 0.2) is 0 Å². The minimum Gasteiger partial charge on any atom is -0.481 e. The zero-order chi connectivity index (χ0) is 12.0. The minimum atomic E-state index is -0.726. The molecule has 2 N–H and O–H groups in total. The highest BCUT2D eigenvalue weighted by Crippen LogP contribution is 2.37. The van der Waals surface area contributed by atoms with E-state index in [1.807, 2.05) is 0 Å². The van der Waals surface area contributed by atoms with Gasteiger partial charge in [0.1, 0.15) is 0 Å². The van der Waals surface area contributed by atoms with Crippen molar-refractivity contribution in [2.24, 2.45) is 11.8 Å². The average molecular weight is 227 g/mol. The van der Waals surface area contributed by atoms with E-state index in [9.17, 15) is 9.59 Å². The molecule has 1 aliphatic rings. The number of carbonyl (C=O) groups excluding carboxylic acids is 1. The molecule has 0 bridgehead atoms. The fraction of sp³-hybridized carbons (Fsp3) is 0.833. The zero-order valence-corrected chi connectivity index (χ0v) is 9.87.